The molecule has 0 unspecified atom stereocenters. The van der Waals surface area contributed by atoms with E-state index in [0.29, 0.717) is 19.7 Å². The number of carbonyl (C=O) groups is 2. The normalized spacial score (nSPS) is 16.4. The quantitative estimate of drug-likeness (QED) is 0.816. The zero-order valence-corrected chi connectivity index (χ0v) is 15.9. The molecule has 0 saturated carbocycles. The van der Waals surface area contributed by atoms with E-state index in [2.05, 4.69) is 12.2 Å². The second kappa shape index (κ2) is 8.71. The maximum atomic E-state index is 12.5. The Balaban J connectivity index is 1.58. The molecule has 1 atom stereocenters. The first-order valence-corrected chi connectivity index (χ1v) is 9.44. The standard InChI is InChI=1S/C22H26N2O3/c1-3-12-27-20-10-8-19(9-11-20)24-15-18(13-21(24)25)22(26)23-14-17-7-5-4-6-16(17)2/h4-11,18H,3,12-15H2,1-2H3,(H,23,26)/t18-/m0/s1. The van der Waals surface area contributed by atoms with Crippen LogP contribution in [0.2, 0.25) is 0 Å². The lowest BCUT2D eigenvalue weighted by Gasteiger charge is -2.17. The highest BCUT2D eigenvalue weighted by Gasteiger charge is 2.35. The minimum Gasteiger partial charge on any atom is -0.494 e. The highest BCUT2D eigenvalue weighted by atomic mass is 16.5. The Morgan fingerprint density at radius 3 is 2.63 bits per heavy atom. The van der Waals surface area contributed by atoms with E-state index in [1.807, 2.05) is 55.5 Å². The van der Waals surface area contributed by atoms with Gasteiger partial charge in [-0.25, -0.2) is 0 Å². The molecule has 2 amide bonds. The zero-order valence-electron chi connectivity index (χ0n) is 15.9. The van der Waals surface area contributed by atoms with E-state index in [4.69, 9.17) is 4.74 Å². The fourth-order valence-corrected chi connectivity index (χ4v) is 3.21. The Labute approximate surface area is 160 Å². The van der Waals surface area contributed by atoms with E-state index in [1.54, 1.807) is 4.90 Å². The van der Waals surface area contributed by atoms with Gasteiger partial charge in [-0.1, -0.05) is 31.2 Å². The van der Waals surface area contributed by atoms with E-state index < -0.39 is 0 Å². The number of nitrogens with zero attached hydrogens (tertiary/aromatic N) is 1. The van der Waals surface area contributed by atoms with Gasteiger partial charge in [-0.05, 0) is 48.7 Å². The van der Waals surface area contributed by atoms with Gasteiger partial charge in [-0.15, -0.1) is 0 Å². The van der Waals surface area contributed by atoms with Crippen molar-refractivity contribution < 1.29 is 14.3 Å². The number of nitrogens with one attached hydrogen (secondary N) is 1. The Kier molecular flexibility index (Phi) is 6.12. The molecule has 0 aliphatic carbocycles. The highest BCUT2D eigenvalue weighted by molar-refractivity contribution is 6.00. The highest BCUT2D eigenvalue weighted by Crippen LogP contribution is 2.27. The van der Waals surface area contributed by atoms with Crippen molar-refractivity contribution in [2.75, 3.05) is 18.1 Å². The average molecular weight is 366 g/mol. The van der Waals surface area contributed by atoms with Crippen LogP contribution in [-0.4, -0.2) is 25.0 Å². The molecule has 5 nitrogen and oxygen atoms in total. The minimum atomic E-state index is -0.322. The number of amides is 2. The maximum absolute atomic E-state index is 12.5. The van der Waals surface area contributed by atoms with Gasteiger partial charge in [-0.2, -0.15) is 0 Å². The summed E-state index contributed by atoms with van der Waals surface area (Å²) in [6.45, 7) is 5.65. The van der Waals surface area contributed by atoms with Crippen molar-refractivity contribution in [3.63, 3.8) is 0 Å². The summed E-state index contributed by atoms with van der Waals surface area (Å²) in [6, 6.07) is 15.4. The van der Waals surface area contributed by atoms with E-state index in [0.717, 1.165) is 29.0 Å². The molecule has 0 aromatic heterocycles. The molecule has 0 spiro atoms. The second-order valence-electron chi connectivity index (χ2n) is 6.89. The first-order chi connectivity index (χ1) is 13.1. The molecule has 2 aromatic carbocycles. The molecular weight excluding hydrogens is 340 g/mol. The molecule has 1 saturated heterocycles. The molecule has 1 N–H and O–H groups in total. The van der Waals surface area contributed by atoms with Gasteiger partial charge in [0.1, 0.15) is 5.75 Å². The summed E-state index contributed by atoms with van der Waals surface area (Å²) in [4.78, 5) is 26.6. The lowest BCUT2D eigenvalue weighted by Crippen LogP contribution is -2.32. The van der Waals surface area contributed by atoms with Crippen LogP contribution in [0, 0.1) is 12.8 Å². The molecule has 1 fully saturated rings. The van der Waals surface area contributed by atoms with Crippen LogP contribution in [0.5, 0.6) is 5.75 Å². The molecule has 1 heterocycles. The zero-order chi connectivity index (χ0) is 19.2. The lowest BCUT2D eigenvalue weighted by atomic mass is 10.1. The topological polar surface area (TPSA) is 58.6 Å². The summed E-state index contributed by atoms with van der Waals surface area (Å²) in [5.74, 6) is 0.377. The Morgan fingerprint density at radius 2 is 1.93 bits per heavy atom. The fraction of sp³-hybridized carbons (Fsp3) is 0.364. The van der Waals surface area contributed by atoms with Crippen molar-refractivity contribution >= 4 is 17.5 Å². The maximum Gasteiger partial charge on any atom is 0.227 e. The van der Waals surface area contributed by atoms with E-state index in [1.165, 1.54) is 0 Å². The molecule has 5 heteroatoms. The van der Waals surface area contributed by atoms with Crippen molar-refractivity contribution in [2.24, 2.45) is 5.92 Å². The Hall–Kier alpha value is -2.82. The van der Waals surface area contributed by atoms with Gasteiger partial charge in [0, 0.05) is 25.2 Å². The summed E-state index contributed by atoms with van der Waals surface area (Å²) in [5, 5.41) is 2.97. The third-order valence-electron chi connectivity index (χ3n) is 4.83. The van der Waals surface area contributed by atoms with E-state index >= 15 is 0 Å². The molecule has 0 bridgehead atoms. The van der Waals surface area contributed by atoms with Gasteiger partial charge in [0.25, 0.3) is 0 Å². The van der Waals surface area contributed by atoms with Crippen LogP contribution in [0.25, 0.3) is 0 Å². The summed E-state index contributed by atoms with van der Waals surface area (Å²) < 4.78 is 5.58. The first-order valence-electron chi connectivity index (χ1n) is 9.44. The van der Waals surface area contributed by atoms with Crippen molar-refractivity contribution in [3.8, 4) is 5.75 Å². The second-order valence-corrected chi connectivity index (χ2v) is 6.89. The fourth-order valence-electron chi connectivity index (χ4n) is 3.21. The molecular formula is C22H26N2O3. The predicted octanol–water partition coefficient (Wildman–Crippen LogP) is 3.45. The summed E-state index contributed by atoms with van der Waals surface area (Å²) >= 11 is 0. The van der Waals surface area contributed by atoms with Crippen LogP contribution in [0.1, 0.15) is 30.9 Å². The van der Waals surface area contributed by atoms with Gasteiger partial charge >= 0.3 is 0 Å². The van der Waals surface area contributed by atoms with Gasteiger partial charge in [0.2, 0.25) is 11.8 Å². The van der Waals surface area contributed by atoms with Crippen LogP contribution in [0.15, 0.2) is 48.5 Å². The number of ether oxygens (including phenoxy) is 1. The van der Waals surface area contributed by atoms with Crippen LogP contribution in [0.3, 0.4) is 0 Å². The number of rotatable bonds is 7. The molecule has 142 valence electrons. The monoisotopic (exact) mass is 366 g/mol. The molecule has 2 aromatic rings. The lowest BCUT2D eigenvalue weighted by molar-refractivity contribution is -0.126. The summed E-state index contributed by atoms with van der Waals surface area (Å²) in [7, 11) is 0. The van der Waals surface area contributed by atoms with Crippen LogP contribution >= 0.6 is 0 Å². The van der Waals surface area contributed by atoms with Crippen molar-refractivity contribution in [1.82, 2.24) is 5.32 Å². The smallest absolute Gasteiger partial charge is 0.227 e. The largest absolute Gasteiger partial charge is 0.494 e. The molecule has 1 aliphatic heterocycles. The summed E-state index contributed by atoms with van der Waals surface area (Å²) in [6.07, 6.45) is 1.19. The summed E-state index contributed by atoms with van der Waals surface area (Å²) in [5.41, 5.74) is 3.04. The van der Waals surface area contributed by atoms with Gasteiger partial charge in [-0.3, -0.25) is 9.59 Å². The van der Waals surface area contributed by atoms with Gasteiger partial charge in [0.15, 0.2) is 0 Å². The van der Waals surface area contributed by atoms with Crippen LogP contribution in [-0.2, 0) is 16.1 Å². The van der Waals surface area contributed by atoms with Crippen LogP contribution < -0.4 is 15.0 Å². The SMILES string of the molecule is CCCOc1ccc(N2C[C@@H](C(=O)NCc3ccccc3C)CC2=O)cc1. The van der Waals surface area contributed by atoms with Crippen molar-refractivity contribution in [2.45, 2.75) is 33.2 Å². The number of hydrogen-bond donors (Lipinski definition) is 1. The Morgan fingerprint density at radius 1 is 1.19 bits per heavy atom. The van der Waals surface area contributed by atoms with E-state index in [9.17, 15) is 9.59 Å². The predicted molar refractivity (Wildman–Crippen MR) is 106 cm³/mol. The first kappa shape index (κ1) is 19.0. The third kappa shape index (κ3) is 4.67. The number of aryl methyl sites for hydroxylation is 1. The molecule has 0 radical (unpaired) electrons. The van der Waals surface area contributed by atoms with Crippen molar-refractivity contribution in [3.05, 3.63) is 59.7 Å². The number of benzene rings is 2. The molecule has 3 rings (SSSR count). The minimum absolute atomic E-state index is 0.0201. The molecule has 27 heavy (non-hydrogen) atoms. The third-order valence-corrected chi connectivity index (χ3v) is 4.83. The van der Waals surface area contributed by atoms with Gasteiger partial charge < -0.3 is 15.0 Å². The van der Waals surface area contributed by atoms with Crippen molar-refractivity contribution in [1.29, 1.82) is 0 Å². The van der Waals surface area contributed by atoms with E-state index in [-0.39, 0.29) is 24.2 Å². The number of hydrogen-bond acceptors (Lipinski definition) is 3. The number of anilines is 1. The van der Waals surface area contributed by atoms with Gasteiger partial charge in [0.05, 0.1) is 12.5 Å². The molecule has 1 aliphatic rings. The Bertz CT molecular complexity index is 801. The van der Waals surface area contributed by atoms with Crippen LogP contribution in [0.4, 0.5) is 5.69 Å². The number of carbonyl (C=O) groups excluding carboxylic acids is 2. The average Bonchev–Trinajstić information content (AvgIpc) is 3.07.